The summed E-state index contributed by atoms with van der Waals surface area (Å²) in [4.78, 5) is 22.6. The topological polar surface area (TPSA) is 84.0 Å². The molecule has 1 fully saturated rings. The molecule has 1 amide bonds. The maximum absolute atomic E-state index is 12.4. The van der Waals surface area contributed by atoms with E-state index in [9.17, 15) is 4.79 Å². The fourth-order valence-electron chi connectivity index (χ4n) is 2.60. The van der Waals surface area contributed by atoms with Gasteiger partial charge in [0, 0.05) is 31.8 Å². The van der Waals surface area contributed by atoms with Crippen molar-refractivity contribution in [1.82, 2.24) is 25.1 Å². The van der Waals surface area contributed by atoms with E-state index in [1.165, 1.54) is 0 Å². The van der Waals surface area contributed by atoms with Crippen molar-refractivity contribution < 1.29 is 9.53 Å². The highest BCUT2D eigenvalue weighted by atomic mass is 16.5. The van der Waals surface area contributed by atoms with Gasteiger partial charge in [0.2, 0.25) is 5.91 Å². The number of aromatic amines is 1. The van der Waals surface area contributed by atoms with Crippen molar-refractivity contribution in [2.45, 2.75) is 32.3 Å². The van der Waals surface area contributed by atoms with Gasteiger partial charge in [0.25, 0.3) is 0 Å². The van der Waals surface area contributed by atoms with Crippen LogP contribution in [0.15, 0.2) is 24.5 Å². The van der Waals surface area contributed by atoms with Gasteiger partial charge in [0.15, 0.2) is 5.82 Å². The van der Waals surface area contributed by atoms with E-state index in [1.807, 2.05) is 24.0 Å². The Morgan fingerprint density at radius 3 is 3.00 bits per heavy atom. The lowest BCUT2D eigenvalue weighted by atomic mass is 10.1. The van der Waals surface area contributed by atoms with Gasteiger partial charge in [-0.2, -0.15) is 5.10 Å². The first-order valence-electron chi connectivity index (χ1n) is 7.95. The molecule has 0 aliphatic carbocycles. The Morgan fingerprint density at radius 2 is 2.26 bits per heavy atom. The minimum atomic E-state index is -0.245. The van der Waals surface area contributed by atoms with E-state index >= 15 is 0 Å². The second kappa shape index (κ2) is 7.32. The number of nitrogens with zero attached hydrogens (tertiary/aromatic N) is 4. The van der Waals surface area contributed by atoms with Crippen molar-refractivity contribution in [3.8, 4) is 0 Å². The molecule has 1 aliphatic rings. The predicted molar refractivity (Wildman–Crippen MR) is 83.6 cm³/mol. The van der Waals surface area contributed by atoms with Crippen molar-refractivity contribution in [3.63, 3.8) is 0 Å². The summed E-state index contributed by atoms with van der Waals surface area (Å²) in [5, 5.41) is 7.08. The van der Waals surface area contributed by atoms with E-state index in [4.69, 9.17) is 4.74 Å². The third kappa shape index (κ3) is 3.92. The molecular weight excluding hydrogens is 294 g/mol. The van der Waals surface area contributed by atoms with Crippen molar-refractivity contribution in [2.75, 3.05) is 19.7 Å². The lowest BCUT2D eigenvalue weighted by Crippen LogP contribution is -2.42. The van der Waals surface area contributed by atoms with Gasteiger partial charge in [-0.1, -0.05) is 6.92 Å². The third-order valence-electron chi connectivity index (χ3n) is 3.97. The standard InChI is InChI=1S/C16H21N5O2/c1-2-14-18-16(20-19-14)13-11-21(9-10-23-13)15(22)4-3-12-5-7-17-8-6-12/h5-8,13H,2-4,9-11H2,1H3,(H,18,19,20). The molecule has 7 nitrogen and oxygen atoms in total. The van der Waals surface area contributed by atoms with Gasteiger partial charge in [-0.05, 0) is 24.1 Å². The number of ether oxygens (including phenoxy) is 1. The molecule has 7 heteroatoms. The molecule has 3 rings (SSSR count). The Hall–Kier alpha value is -2.28. The summed E-state index contributed by atoms with van der Waals surface area (Å²) in [7, 11) is 0. The zero-order valence-corrected chi connectivity index (χ0v) is 13.2. The zero-order chi connectivity index (χ0) is 16.1. The highest BCUT2D eigenvalue weighted by Crippen LogP contribution is 2.20. The van der Waals surface area contributed by atoms with Crippen LogP contribution in [0.2, 0.25) is 0 Å². The van der Waals surface area contributed by atoms with E-state index < -0.39 is 0 Å². The second-order valence-corrected chi connectivity index (χ2v) is 5.55. The lowest BCUT2D eigenvalue weighted by molar-refractivity contribution is -0.139. The molecule has 122 valence electrons. The number of aryl methyl sites for hydroxylation is 2. The van der Waals surface area contributed by atoms with Crippen LogP contribution in [-0.2, 0) is 22.4 Å². The average Bonchev–Trinajstić information content (AvgIpc) is 3.10. The number of rotatable bonds is 5. The minimum Gasteiger partial charge on any atom is -0.366 e. The van der Waals surface area contributed by atoms with E-state index in [0.29, 0.717) is 31.9 Å². The first kappa shape index (κ1) is 15.6. The molecule has 1 saturated heterocycles. The van der Waals surface area contributed by atoms with Crippen LogP contribution in [-0.4, -0.2) is 50.7 Å². The fraction of sp³-hybridized carbons (Fsp3) is 0.500. The van der Waals surface area contributed by atoms with Crippen LogP contribution in [0.25, 0.3) is 0 Å². The molecule has 23 heavy (non-hydrogen) atoms. The third-order valence-corrected chi connectivity index (χ3v) is 3.97. The number of carbonyl (C=O) groups is 1. The minimum absolute atomic E-state index is 0.140. The number of pyridine rings is 1. The molecule has 1 N–H and O–H groups in total. The molecule has 1 atom stereocenters. The van der Waals surface area contributed by atoms with Gasteiger partial charge in [0.05, 0.1) is 13.2 Å². The Bertz CT molecular complexity index is 643. The highest BCUT2D eigenvalue weighted by molar-refractivity contribution is 5.76. The first-order valence-corrected chi connectivity index (χ1v) is 7.95. The lowest BCUT2D eigenvalue weighted by Gasteiger charge is -2.31. The van der Waals surface area contributed by atoms with Crippen molar-refractivity contribution in [1.29, 1.82) is 0 Å². The van der Waals surface area contributed by atoms with Gasteiger partial charge in [0.1, 0.15) is 11.9 Å². The molecule has 1 unspecified atom stereocenters. The number of hydrogen-bond acceptors (Lipinski definition) is 5. The average molecular weight is 315 g/mol. The van der Waals surface area contributed by atoms with Gasteiger partial charge >= 0.3 is 0 Å². The van der Waals surface area contributed by atoms with Gasteiger partial charge in [-0.25, -0.2) is 4.98 Å². The van der Waals surface area contributed by atoms with E-state index in [-0.39, 0.29) is 12.0 Å². The smallest absolute Gasteiger partial charge is 0.223 e. The number of nitrogens with one attached hydrogen (secondary N) is 1. The highest BCUT2D eigenvalue weighted by Gasteiger charge is 2.27. The Balaban J connectivity index is 1.56. The van der Waals surface area contributed by atoms with Crippen molar-refractivity contribution >= 4 is 5.91 Å². The van der Waals surface area contributed by atoms with Crippen molar-refractivity contribution in [3.05, 3.63) is 41.7 Å². The fourth-order valence-corrected chi connectivity index (χ4v) is 2.60. The normalized spacial score (nSPS) is 18.1. The van der Waals surface area contributed by atoms with Crippen molar-refractivity contribution in [2.24, 2.45) is 0 Å². The largest absolute Gasteiger partial charge is 0.366 e. The van der Waals surface area contributed by atoms with Gasteiger partial charge in [-0.15, -0.1) is 0 Å². The Kier molecular flexibility index (Phi) is 4.97. The van der Waals surface area contributed by atoms with Crippen LogP contribution in [0.3, 0.4) is 0 Å². The van der Waals surface area contributed by atoms with Crippen LogP contribution in [0.1, 0.15) is 36.7 Å². The van der Waals surface area contributed by atoms with E-state index in [1.54, 1.807) is 12.4 Å². The quantitative estimate of drug-likeness (QED) is 0.899. The molecule has 1 aliphatic heterocycles. The number of H-pyrrole nitrogens is 1. The van der Waals surface area contributed by atoms with E-state index in [2.05, 4.69) is 20.2 Å². The maximum atomic E-state index is 12.4. The maximum Gasteiger partial charge on any atom is 0.223 e. The number of carbonyl (C=O) groups excluding carboxylic acids is 1. The van der Waals surface area contributed by atoms with E-state index in [0.717, 1.165) is 24.2 Å². The van der Waals surface area contributed by atoms with Crippen LogP contribution in [0.5, 0.6) is 0 Å². The molecule has 0 aromatic carbocycles. The van der Waals surface area contributed by atoms with Crippen LogP contribution < -0.4 is 0 Å². The summed E-state index contributed by atoms with van der Waals surface area (Å²) in [6, 6.07) is 3.88. The van der Waals surface area contributed by atoms with Gasteiger partial charge < -0.3 is 9.64 Å². The van der Waals surface area contributed by atoms with Crippen LogP contribution in [0.4, 0.5) is 0 Å². The molecule has 0 radical (unpaired) electrons. The Morgan fingerprint density at radius 1 is 1.43 bits per heavy atom. The molecule has 0 bridgehead atoms. The second-order valence-electron chi connectivity index (χ2n) is 5.55. The summed E-state index contributed by atoms with van der Waals surface area (Å²) in [6.45, 7) is 3.66. The summed E-state index contributed by atoms with van der Waals surface area (Å²) in [6.07, 6.45) is 5.27. The Labute approximate surface area is 135 Å². The summed E-state index contributed by atoms with van der Waals surface area (Å²) in [5.74, 6) is 1.61. The number of morpholine rings is 1. The van der Waals surface area contributed by atoms with Crippen LogP contribution >= 0.6 is 0 Å². The molecule has 0 spiro atoms. The number of amides is 1. The van der Waals surface area contributed by atoms with Gasteiger partial charge in [-0.3, -0.25) is 14.9 Å². The summed E-state index contributed by atoms with van der Waals surface area (Å²) in [5.41, 5.74) is 1.12. The first-order chi connectivity index (χ1) is 11.3. The SMILES string of the molecule is CCc1nc(C2CN(C(=O)CCc3ccncc3)CCO2)n[nH]1. The zero-order valence-electron chi connectivity index (χ0n) is 13.2. The van der Waals surface area contributed by atoms with Crippen LogP contribution in [0, 0.1) is 0 Å². The monoisotopic (exact) mass is 315 g/mol. The molecule has 3 heterocycles. The number of aromatic nitrogens is 4. The molecular formula is C16H21N5O2. The molecule has 2 aromatic heterocycles. The molecule has 0 saturated carbocycles. The molecule has 2 aromatic rings. The number of hydrogen-bond donors (Lipinski definition) is 1. The predicted octanol–water partition coefficient (Wildman–Crippen LogP) is 1.29. The summed E-state index contributed by atoms with van der Waals surface area (Å²) >= 11 is 0. The summed E-state index contributed by atoms with van der Waals surface area (Å²) < 4.78 is 5.72.